The summed E-state index contributed by atoms with van der Waals surface area (Å²) >= 11 is 0. The molecule has 1 heterocycles. The fourth-order valence-corrected chi connectivity index (χ4v) is 2.41. The lowest BCUT2D eigenvalue weighted by Gasteiger charge is -2.17. The van der Waals surface area contributed by atoms with Crippen molar-refractivity contribution in [3.05, 3.63) is 35.8 Å². The van der Waals surface area contributed by atoms with E-state index in [1.165, 1.54) is 6.42 Å². The lowest BCUT2D eigenvalue weighted by Crippen LogP contribution is -2.08. The van der Waals surface area contributed by atoms with E-state index < -0.39 is 0 Å². The molecule has 1 aromatic heterocycles. The van der Waals surface area contributed by atoms with E-state index in [2.05, 4.69) is 9.97 Å². The van der Waals surface area contributed by atoms with Crippen molar-refractivity contribution in [2.24, 2.45) is 0 Å². The highest BCUT2D eigenvalue weighted by molar-refractivity contribution is 5.57. The fraction of sp³-hybridized carbons (Fsp3) is 0.333. The number of nitrogens with two attached hydrogens (primary N) is 1. The number of nitrogens with zero attached hydrogens (tertiary/aromatic N) is 2. The van der Waals surface area contributed by atoms with Gasteiger partial charge in [-0.1, -0.05) is 0 Å². The number of nitrogen functional groups attached to an aromatic ring is 1. The topological polar surface area (TPSA) is 70.3 Å². The first kappa shape index (κ1) is 12.7. The third-order valence-electron chi connectivity index (χ3n) is 3.51. The van der Waals surface area contributed by atoms with Crippen LogP contribution in [0.2, 0.25) is 0 Å². The van der Waals surface area contributed by atoms with Crippen LogP contribution in [0.25, 0.3) is 0 Å². The first-order chi connectivity index (χ1) is 9.78. The summed E-state index contributed by atoms with van der Waals surface area (Å²) in [4.78, 5) is 8.58. The van der Waals surface area contributed by atoms with Gasteiger partial charge in [-0.3, -0.25) is 0 Å². The standard InChI is InChI=1S/C15H17N3O2/c1-19-10-6-7-12(16)14(8-10)20-15-11-4-2-3-5-13(11)17-9-18-15/h6-9H,2-5,16H2,1H3. The predicted molar refractivity (Wildman–Crippen MR) is 76.2 cm³/mol. The number of methoxy groups -OCH3 is 1. The number of aromatic nitrogens is 2. The molecule has 0 spiro atoms. The van der Waals surface area contributed by atoms with E-state index >= 15 is 0 Å². The van der Waals surface area contributed by atoms with Crippen LogP contribution in [-0.4, -0.2) is 17.1 Å². The number of hydrogen-bond donors (Lipinski definition) is 1. The predicted octanol–water partition coefficient (Wildman–Crippen LogP) is 2.74. The van der Waals surface area contributed by atoms with Gasteiger partial charge in [0.25, 0.3) is 0 Å². The molecule has 0 aliphatic heterocycles. The lowest BCUT2D eigenvalue weighted by atomic mass is 9.97. The van der Waals surface area contributed by atoms with Crippen LogP contribution < -0.4 is 15.2 Å². The summed E-state index contributed by atoms with van der Waals surface area (Å²) in [6, 6.07) is 5.34. The van der Waals surface area contributed by atoms with Crippen molar-refractivity contribution in [2.75, 3.05) is 12.8 Å². The van der Waals surface area contributed by atoms with Gasteiger partial charge in [-0.2, -0.15) is 0 Å². The fourth-order valence-electron chi connectivity index (χ4n) is 2.41. The van der Waals surface area contributed by atoms with Crippen LogP contribution in [-0.2, 0) is 12.8 Å². The molecule has 5 heteroatoms. The summed E-state index contributed by atoms with van der Waals surface area (Å²) in [6.07, 6.45) is 5.81. The van der Waals surface area contributed by atoms with Crippen molar-refractivity contribution in [1.82, 2.24) is 9.97 Å². The molecule has 2 N–H and O–H groups in total. The van der Waals surface area contributed by atoms with Crippen molar-refractivity contribution in [2.45, 2.75) is 25.7 Å². The third-order valence-corrected chi connectivity index (χ3v) is 3.51. The number of hydrogen-bond acceptors (Lipinski definition) is 5. The van der Waals surface area contributed by atoms with E-state index in [0.29, 0.717) is 23.1 Å². The third kappa shape index (κ3) is 2.39. The van der Waals surface area contributed by atoms with Gasteiger partial charge in [0, 0.05) is 11.6 Å². The Balaban J connectivity index is 1.95. The van der Waals surface area contributed by atoms with E-state index in [4.69, 9.17) is 15.2 Å². The molecule has 3 rings (SSSR count). The van der Waals surface area contributed by atoms with E-state index in [1.54, 1.807) is 31.6 Å². The van der Waals surface area contributed by atoms with Crippen LogP contribution in [0.15, 0.2) is 24.5 Å². The molecule has 5 nitrogen and oxygen atoms in total. The zero-order chi connectivity index (χ0) is 13.9. The molecule has 20 heavy (non-hydrogen) atoms. The monoisotopic (exact) mass is 271 g/mol. The van der Waals surface area contributed by atoms with Crippen molar-refractivity contribution in [3.63, 3.8) is 0 Å². The number of ether oxygens (including phenoxy) is 2. The molecule has 2 aromatic rings. The SMILES string of the molecule is COc1ccc(N)c(Oc2ncnc3c2CCCC3)c1. The Labute approximate surface area is 117 Å². The maximum Gasteiger partial charge on any atom is 0.225 e. The second kappa shape index (κ2) is 5.36. The molecule has 0 fully saturated rings. The van der Waals surface area contributed by atoms with Gasteiger partial charge in [-0.15, -0.1) is 0 Å². The molecule has 1 aliphatic rings. The Morgan fingerprint density at radius 2 is 2.00 bits per heavy atom. The molecule has 1 aliphatic carbocycles. The number of anilines is 1. The van der Waals surface area contributed by atoms with Crippen LogP contribution >= 0.6 is 0 Å². The molecule has 0 atom stereocenters. The first-order valence-corrected chi connectivity index (χ1v) is 6.72. The smallest absolute Gasteiger partial charge is 0.225 e. The van der Waals surface area contributed by atoms with Crippen LogP contribution in [0.3, 0.4) is 0 Å². The highest BCUT2D eigenvalue weighted by Gasteiger charge is 2.17. The summed E-state index contributed by atoms with van der Waals surface area (Å²) in [5.41, 5.74) is 8.69. The second-order valence-corrected chi connectivity index (χ2v) is 4.82. The Bertz CT molecular complexity index is 629. The highest BCUT2D eigenvalue weighted by Crippen LogP contribution is 2.34. The molecule has 0 bridgehead atoms. The molecule has 0 amide bonds. The molecular weight excluding hydrogens is 254 g/mol. The highest BCUT2D eigenvalue weighted by atomic mass is 16.5. The number of rotatable bonds is 3. The van der Waals surface area contributed by atoms with Crippen LogP contribution in [0, 0.1) is 0 Å². The molecular formula is C15H17N3O2. The quantitative estimate of drug-likeness (QED) is 0.869. The molecule has 104 valence electrons. The van der Waals surface area contributed by atoms with Crippen molar-refractivity contribution in [3.8, 4) is 17.4 Å². The van der Waals surface area contributed by atoms with Crippen molar-refractivity contribution in [1.29, 1.82) is 0 Å². The minimum atomic E-state index is 0.564. The maximum atomic E-state index is 5.94. The van der Waals surface area contributed by atoms with Gasteiger partial charge in [0.1, 0.15) is 12.1 Å². The Kier molecular flexibility index (Phi) is 3.41. The molecule has 0 radical (unpaired) electrons. The first-order valence-electron chi connectivity index (χ1n) is 6.72. The molecule has 1 aromatic carbocycles. The summed E-state index contributed by atoms with van der Waals surface area (Å²) in [5, 5.41) is 0. The Morgan fingerprint density at radius 1 is 1.15 bits per heavy atom. The molecule has 0 saturated carbocycles. The van der Waals surface area contributed by atoms with Crippen LogP contribution in [0.4, 0.5) is 5.69 Å². The number of benzene rings is 1. The summed E-state index contributed by atoms with van der Waals surface area (Å²) in [7, 11) is 1.61. The number of aryl methyl sites for hydroxylation is 1. The van der Waals surface area contributed by atoms with E-state index in [1.807, 2.05) is 0 Å². The summed E-state index contributed by atoms with van der Waals surface area (Å²) in [6.45, 7) is 0. The molecule has 0 unspecified atom stereocenters. The minimum absolute atomic E-state index is 0.564. The van der Waals surface area contributed by atoms with Crippen LogP contribution in [0.1, 0.15) is 24.1 Å². The maximum absolute atomic E-state index is 5.94. The average molecular weight is 271 g/mol. The van der Waals surface area contributed by atoms with E-state index in [9.17, 15) is 0 Å². The van der Waals surface area contributed by atoms with Gasteiger partial charge in [-0.25, -0.2) is 9.97 Å². The van der Waals surface area contributed by atoms with Gasteiger partial charge in [0.15, 0.2) is 5.75 Å². The van der Waals surface area contributed by atoms with Gasteiger partial charge in [0.2, 0.25) is 5.88 Å². The summed E-state index contributed by atoms with van der Waals surface area (Å²) in [5.74, 6) is 1.88. The van der Waals surface area contributed by atoms with Crippen molar-refractivity contribution < 1.29 is 9.47 Å². The van der Waals surface area contributed by atoms with E-state index in [0.717, 1.165) is 30.5 Å². The van der Waals surface area contributed by atoms with Gasteiger partial charge < -0.3 is 15.2 Å². The zero-order valence-corrected chi connectivity index (χ0v) is 11.4. The minimum Gasteiger partial charge on any atom is -0.497 e. The number of fused-ring (bicyclic) bond motifs is 1. The van der Waals surface area contributed by atoms with Crippen molar-refractivity contribution >= 4 is 5.69 Å². The summed E-state index contributed by atoms with van der Waals surface area (Å²) < 4.78 is 11.1. The zero-order valence-electron chi connectivity index (χ0n) is 11.4. The second-order valence-electron chi connectivity index (χ2n) is 4.82. The lowest BCUT2D eigenvalue weighted by molar-refractivity contribution is 0.406. The van der Waals surface area contributed by atoms with Crippen LogP contribution in [0.5, 0.6) is 17.4 Å². The average Bonchev–Trinajstić information content (AvgIpc) is 2.50. The van der Waals surface area contributed by atoms with Gasteiger partial charge in [0.05, 0.1) is 18.5 Å². The largest absolute Gasteiger partial charge is 0.497 e. The normalized spacial score (nSPS) is 13.7. The van der Waals surface area contributed by atoms with Gasteiger partial charge in [-0.05, 0) is 37.8 Å². The Morgan fingerprint density at radius 3 is 2.85 bits per heavy atom. The molecule has 0 saturated heterocycles. The van der Waals surface area contributed by atoms with Gasteiger partial charge >= 0.3 is 0 Å². The van der Waals surface area contributed by atoms with E-state index in [-0.39, 0.29) is 0 Å². The Hall–Kier alpha value is -2.30.